The van der Waals surface area contributed by atoms with Crippen LogP contribution in [0.2, 0.25) is 0 Å². The van der Waals surface area contributed by atoms with Crippen LogP contribution in [0.3, 0.4) is 0 Å². The molecule has 1 amide bonds. The molecule has 7 nitrogen and oxygen atoms in total. The maximum Gasteiger partial charge on any atom is 0.258 e. The van der Waals surface area contributed by atoms with E-state index in [0.717, 1.165) is 10.6 Å². The Kier molecular flexibility index (Phi) is 4.09. The third-order valence-electron chi connectivity index (χ3n) is 2.82. The van der Waals surface area contributed by atoms with Gasteiger partial charge in [0, 0.05) is 25.9 Å². The molecule has 1 aliphatic rings. The van der Waals surface area contributed by atoms with Crippen LogP contribution >= 0.6 is 0 Å². The molecule has 0 unspecified atom stereocenters. The molecular weight excluding hydrogens is 280 g/mol. The molecule has 0 bridgehead atoms. The number of sulfone groups is 1. The van der Waals surface area contributed by atoms with Crippen molar-refractivity contribution < 1.29 is 21.6 Å². The minimum atomic E-state index is -3.54. The van der Waals surface area contributed by atoms with E-state index in [-0.39, 0.29) is 25.4 Å². The summed E-state index contributed by atoms with van der Waals surface area (Å²) in [6.07, 6.45) is 1.13. The molecule has 0 aromatic heterocycles. The van der Waals surface area contributed by atoms with Crippen molar-refractivity contribution in [2.45, 2.75) is 18.6 Å². The van der Waals surface area contributed by atoms with Crippen LogP contribution in [0.5, 0.6) is 0 Å². The fourth-order valence-electron chi connectivity index (χ4n) is 1.54. The molecule has 106 valence electrons. The minimum absolute atomic E-state index is 0.0147. The van der Waals surface area contributed by atoms with Crippen molar-refractivity contribution in [1.29, 1.82) is 0 Å². The number of carbonyl (C=O) groups is 1. The van der Waals surface area contributed by atoms with Gasteiger partial charge in [0.05, 0.1) is 5.75 Å². The Balaban J connectivity index is 2.37. The van der Waals surface area contributed by atoms with E-state index >= 15 is 0 Å². The topological polar surface area (TPSA) is 101 Å². The van der Waals surface area contributed by atoms with Gasteiger partial charge in [-0.2, -0.15) is 0 Å². The average molecular weight is 298 g/mol. The number of nitrogens with one attached hydrogen (secondary N) is 1. The van der Waals surface area contributed by atoms with Crippen molar-refractivity contribution in [1.82, 2.24) is 9.62 Å². The van der Waals surface area contributed by atoms with Gasteiger partial charge < -0.3 is 5.32 Å². The Labute approximate surface area is 108 Å². The van der Waals surface area contributed by atoms with Gasteiger partial charge in [0.1, 0.15) is 9.84 Å². The van der Waals surface area contributed by atoms with Crippen LogP contribution in [0.25, 0.3) is 0 Å². The third kappa shape index (κ3) is 2.83. The summed E-state index contributed by atoms with van der Waals surface area (Å²) in [5.74, 6) is -0.438. The molecule has 0 radical (unpaired) electrons. The van der Waals surface area contributed by atoms with E-state index in [9.17, 15) is 21.6 Å². The van der Waals surface area contributed by atoms with Crippen LogP contribution in [-0.4, -0.2) is 63.4 Å². The number of amides is 1. The van der Waals surface area contributed by atoms with Gasteiger partial charge >= 0.3 is 0 Å². The molecule has 0 saturated carbocycles. The molecule has 0 aromatic carbocycles. The highest BCUT2D eigenvalue weighted by atomic mass is 32.2. The summed E-state index contributed by atoms with van der Waals surface area (Å²) in [5, 5.41) is 2.79. The maximum atomic E-state index is 11.7. The summed E-state index contributed by atoms with van der Waals surface area (Å²) in [5.41, 5.74) is 0. The number of sulfonamides is 1. The van der Waals surface area contributed by atoms with Crippen LogP contribution < -0.4 is 5.32 Å². The number of rotatable bonds is 6. The summed E-state index contributed by atoms with van der Waals surface area (Å²) < 4.78 is 44.5. The Morgan fingerprint density at radius 2 is 1.83 bits per heavy atom. The first-order valence-corrected chi connectivity index (χ1v) is 8.95. The SMILES string of the molecule is CC1(C)C(=O)N(CCNCCS(C)(=O)=O)S1(=O)=O. The lowest BCUT2D eigenvalue weighted by molar-refractivity contribution is -0.132. The van der Waals surface area contributed by atoms with E-state index in [2.05, 4.69) is 5.32 Å². The van der Waals surface area contributed by atoms with E-state index in [1.165, 1.54) is 13.8 Å². The first-order valence-electron chi connectivity index (χ1n) is 5.45. The largest absolute Gasteiger partial charge is 0.314 e. The standard InChI is InChI=1S/C9H18N2O5S2/c1-9(2)8(12)11(18(9,15)16)6-4-10-5-7-17(3,13)14/h10H,4-7H2,1-3H3. The number of nitrogens with zero attached hydrogens (tertiary/aromatic N) is 1. The zero-order valence-corrected chi connectivity index (χ0v) is 12.3. The lowest BCUT2D eigenvalue weighted by Crippen LogP contribution is -2.68. The molecule has 1 aliphatic heterocycles. The molecule has 1 heterocycles. The molecule has 1 fully saturated rings. The summed E-state index contributed by atoms with van der Waals surface area (Å²) in [6, 6.07) is 0. The van der Waals surface area contributed by atoms with Gasteiger partial charge in [-0.3, -0.25) is 4.79 Å². The van der Waals surface area contributed by atoms with Crippen molar-refractivity contribution in [3.8, 4) is 0 Å². The molecule has 18 heavy (non-hydrogen) atoms. The van der Waals surface area contributed by atoms with Gasteiger partial charge in [-0.05, 0) is 13.8 Å². The fourth-order valence-corrected chi connectivity index (χ4v) is 3.58. The molecule has 0 aliphatic carbocycles. The van der Waals surface area contributed by atoms with Crippen LogP contribution in [0, 0.1) is 0 Å². The monoisotopic (exact) mass is 298 g/mol. The molecule has 1 rings (SSSR count). The number of hydrogen-bond acceptors (Lipinski definition) is 6. The molecule has 0 spiro atoms. The second-order valence-corrected chi connectivity index (χ2v) is 9.44. The van der Waals surface area contributed by atoms with Gasteiger partial charge in [-0.25, -0.2) is 21.1 Å². The quantitative estimate of drug-likeness (QED) is 0.604. The Hall–Kier alpha value is -0.670. The van der Waals surface area contributed by atoms with E-state index in [0.29, 0.717) is 0 Å². The summed E-state index contributed by atoms with van der Waals surface area (Å²) in [4.78, 5) is 11.5. The highest BCUT2D eigenvalue weighted by Gasteiger charge is 2.59. The predicted molar refractivity (Wildman–Crippen MR) is 67.3 cm³/mol. The summed E-state index contributed by atoms with van der Waals surface area (Å²) >= 11 is 0. The predicted octanol–water partition coefficient (Wildman–Crippen LogP) is -1.43. The molecule has 1 N–H and O–H groups in total. The van der Waals surface area contributed by atoms with Crippen molar-refractivity contribution >= 4 is 25.8 Å². The summed E-state index contributed by atoms with van der Waals surface area (Å²) in [7, 11) is -6.57. The minimum Gasteiger partial charge on any atom is -0.314 e. The molecule has 1 saturated heterocycles. The van der Waals surface area contributed by atoms with E-state index in [1.807, 2.05) is 0 Å². The van der Waals surface area contributed by atoms with Crippen LogP contribution in [-0.2, 0) is 24.7 Å². The van der Waals surface area contributed by atoms with Gasteiger partial charge in [0.15, 0.2) is 4.75 Å². The average Bonchev–Trinajstić information content (AvgIpc) is 2.20. The smallest absolute Gasteiger partial charge is 0.258 e. The number of carbonyl (C=O) groups excluding carboxylic acids is 1. The van der Waals surface area contributed by atoms with Gasteiger partial charge in [-0.15, -0.1) is 0 Å². The fraction of sp³-hybridized carbons (Fsp3) is 0.889. The molecule has 0 aromatic rings. The van der Waals surface area contributed by atoms with Gasteiger partial charge in [0.25, 0.3) is 15.9 Å². The summed E-state index contributed by atoms with van der Waals surface area (Å²) in [6.45, 7) is 3.27. The molecular formula is C9H18N2O5S2. The zero-order chi connectivity index (χ0) is 14.2. The second kappa shape index (κ2) is 4.78. The van der Waals surface area contributed by atoms with E-state index in [4.69, 9.17) is 0 Å². The molecule has 9 heteroatoms. The molecule has 0 atom stereocenters. The highest BCUT2D eigenvalue weighted by Crippen LogP contribution is 2.34. The van der Waals surface area contributed by atoms with Gasteiger partial charge in [0.2, 0.25) is 0 Å². The highest BCUT2D eigenvalue weighted by molar-refractivity contribution is 7.94. The Bertz CT molecular complexity index is 535. The lowest BCUT2D eigenvalue weighted by Gasteiger charge is -2.43. The maximum absolute atomic E-state index is 11.7. The van der Waals surface area contributed by atoms with Crippen molar-refractivity contribution in [2.24, 2.45) is 0 Å². The number of hydrogen-bond donors (Lipinski definition) is 1. The Morgan fingerprint density at radius 3 is 2.28 bits per heavy atom. The Morgan fingerprint density at radius 1 is 1.28 bits per heavy atom. The van der Waals surface area contributed by atoms with Crippen LogP contribution in [0.1, 0.15) is 13.8 Å². The third-order valence-corrected chi connectivity index (χ3v) is 6.16. The lowest BCUT2D eigenvalue weighted by atomic mass is 10.2. The van der Waals surface area contributed by atoms with E-state index in [1.54, 1.807) is 0 Å². The first kappa shape index (κ1) is 15.4. The van der Waals surface area contributed by atoms with Crippen LogP contribution in [0.4, 0.5) is 0 Å². The zero-order valence-electron chi connectivity index (χ0n) is 10.6. The van der Waals surface area contributed by atoms with Crippen molar-refractivity contribution in [2.75, 3.05) is 31.6 Å². The van der Waals surface area contributed by atoms with Crippen molar-refractivity contribution in [3.05, 3.63) is 0 Å². The first-order chi connectivity index (χ1) is 8.00. The van der Waals surface area contributed by atoms with Gasteiger partial charge in [-0.1, -0.05) is 0 Å². The second-order valence-electron chi connectivity index (χ2n) is 4.77. The van der Waals surface area contributed by atoms with Crippen molar-refractivity contribution in [3.63, 3.8) is 0 Å². The van der Waals surface area contributed by atoms with Crippen LogP contribution in [0.15, 0.2) is 0 Å². The normalized spacial score (nSPS) is 21.7. The van der Waals surface area contributed by atoms with E-state index < -0.39 is 30.5 Å².